The molecule has 0 bridgehead atoms. The van der Waals surface area contributed by atoms with Gasteiger partial charge in [0.1, 0.15) is 0 Å². The number of rotatable bonds is 3. The third kappa shape index (κ3) is 8.44. The van der Waals surface area contributed by atoms with Crippen molar-refractivity contribution >= 4 is 10.1 Å². The molecule has 1 aromatic carbocycles. The number of aryl methyl sites for hydroxylation is 1. The van der Waals surface area contributed by atoms with Crippen LogP contribution in [0.2, 0.25) is 0 Å². The van der Waals surface area contributed by atoms with Crippen LogP contribution in [0.4, 0.5) is 0 Å². The quantitative estimate of drug-likeness (QED) is 0.423. The van der Waals surface area contributed by atoms with E-state index < -0.39 is 10.1 Å². The minimum atomic E-state index is -3.82. The molecule has 3 nitrogen and oxygen atoms in total. The summed E-state index contributed by atoms with van der Waals surface area (Å²) in [7, 11) is -3.82. The molecule has 0 atom stereocenters. The molecule has 6 heteroatoms. The molecule has 0 spiro atoms. The van der Waals surface area contributed by atoms with Crippen LogP contribution in [0.5, 0.6) is 0 Å². The smallest absolute Gasteiger partial charge is 1.00 e. The van der Waals surface area contributed by atoms with Gasteiger partial charge < -0.3 is 2.85 Å². The summed E-state index contributed by atoms with van der Waals surface area (Å²) < 4.78 is 29.2. The maximum absolute atomic E-state index is 10.4. The number of hydrogen-bond donors (Lipinski definition) is 1. The van der Waals surface area contributed by atoms with Crippen LogP contribution in [0.15, 0.2) is 30.3 Å². The second-order valence-corrected chi connectivity index (χ2v) is 4.09. The van der Waals surface area contributed by atoms with Gasteiger partial charge in [0.2, 0.25) is 0 Å². The van der Waals surface area contributed by atoms with E-state index in [0.29, 0.717) is 6.42 Å². The molecule has 1 aromatic rings. The molecule has 0 aliphatic carbocycles. The second kappa shape index (κ2) is 8.30. The third-order valence-electron chi connectivity index (χ3n) is 1.49. The van der Waals surface area contributed by atoms with E-state index in [1.165, 1.54) is 0 Å². The first kappa shape index (κ1) is 17.5. The zero-order chi connectivity index (χ0) is 9.03. The van der Waals surface area contributed by atoms with Gasteiger partial charge in [-0.1, -0.05) is 30.3 Å². The van der Waals surface area contributed by atoms with Gasteiger partial charge in [-0.25, -0.2) is 0 Å². The van der Waals surface area contributed by atoms with Gasteiger partial charge in [0.25, 0.3) is 10.1 Å². The van der Waals surface area contributed by atoms with E-state index >= 15 is 0 Å². The van der Waals surface area contributed by atoms with E-state index in [0.717, 1.165) is 5.56 Å². The Morgan fingerprint density at radius 1 is 1.14 bits per heavy atom. The van der Waals surface area contributed by atoms with Gasteiger partial charge in [0.05, 0.1) is 5.75 Å². The number of hydrogen-bond acceptors (Lipinski definition) is 2. The molecule has 1 rings (SSSR count). The summed E-state index contributed by atoms with van der Waals surface area (Å²) in [6, 6.07) is 9.17. The van der Waals surface area contributed by atoms with Gasteiger partial charge in [0.15, 0.2) is 0 Å². The van der Waals surface area contributed by atoms with Crippen LogP contribution >= 0.6 is 0 Å². The molecule has 0 radical (unpaired) electrons. The molecule has 0 aliphatic rings. The zero-order valence-corrected chi connectivity index (χ0v) is 13.3. The van der Waals surface area contributed by atoms with Crippen LogP contribution in [-0.4, -0.2) is 18.7 Å². The molecule has 0 aromatic heterocycles. The minimum absolute atomic E-state index is 0. The van der Waals surface area contributed by atoms with Gasteiger partial charge in [-0.3, -0.25) is 4.55 Å². The molecular weight excluding hydrogens is 222 g/mol. The first-order valence-corrected chi connectivity index (χ1v) is 5.18. The molecule has 0 saturated heterocycles. The fraction of sp³-hybridized carbons (Fsp3) is 0.250. The van der Waals surface area contributed by atoms with Crippen LogP contribution in [-0.2, 0) is 16.5 Å². The molecular formula is C8H12Na2O3S. The Bertz CT molecular complexity index is 346. The second-order valence-electron chi connectivity index (χ2n) is 2.52. The summed E-state index contributed by atoms with van der Waals surface area (Å²) in [6.07, 6.45) is 0.361. The summed E-state index contributed by atoms with van der Waals surface area (Å²) in [4.78, 5) is 0. The van der Waals surface area contributed by atoms with Gasteiger partial charge in [-0.05, 0) is 12.0 Å². The minimum Gasteiger partial charge on any atom is -1.00 e. The maximum Gasteiger partial charge on any atom is 1.00 e. The first-order chi connectivity index (χ1) is 5.58. The van der Waals surface area contributed by atoms with Crippen LogP contribution in [0.3, 0.4) is 0 Å². The van der Waals surface area contributed by atoms with Crippen LogP contribution in [0.25, 0.3) is 0 Å². The zero-order valence-electron chi connectivity index (χ0n) is 10.5. The van der Waals surface area contributed by atoms with Crippen molar-refractivity contribution < 1.29 is 74.9 Å². The predicted octanol–water partition coefficient (Wildman–Crippen LogP) is -4.65. The van der Waals surface area contributed by atoms with E-state index in [-0.39, 0.29) is 67.7 Å². The van der Waals surface area contributed by atoms with Gasteiger partial charge in [0, 0.05) is 0 Å². The molecule has 1 N–H and O–H groups in total. The van der Waals surface area contributed by atoms with Gasteiger partial charge in [-0.15, -0.1) is 0 Å². The van der Waals surface area contributed by atoms with Crippen molar-refractivity contribution in [3.05, 3.63) is 35.9 Å². The van der Waals surface area contributed by atoms with Crippen LogP contribution < -0.4 is 59.1 Å². The largest absolute Gasteiger partial charge is 1.00 e. The standard InChI is InChI=1S/C8H10O3S.2Na.2H/c9-12(10,11)7-6-8-4-2-1-3-5-8;;;;/h1-5H,6-7H2,(H,9,10,11);;;;/q;2*+1;2*-1. The van der Waals surface area contributed by atoms with Crippen molar-refractivity contribution in [2.24, 2.45) is 0 Å². The van der Waals surface area contributed by atoms with E-state index in [1.807, 2.05) is 30.3 Å². The van der Waals surface area contributed by atoms with Crippen molar-refractivity contribution in [1.82, 2.24) is 0 Å². The Morgan fingerprint density at radius 3 is 2.07 bits per heavy atom. The van der Waals surface area contributed by atoms with Gasteiger partial charge in [-0.2, -0.15) is 8.42 Å². The van der Waals surface area contributed by atoms with Gasteiger partial charge >= 0.3 is 59.1 Å². The Labute approximate surface area is 132 Å². The molecule has 0 amide bonds. The Morgan fingerprint density at radius 2 is 1.64 bits per heavy atom. The Kier molecular flexibility index (Phi) is 10.4. The Hall–Kier alpha value is 1.13. The van der Waals surface area contributed by atoms with Crippen molar-refractivity contribution in [3.8, 4) is 0 Å². The summed E-state index contributed by atoms with van der Waals surface area (Å²) >= 11 is 0. The summed E-state index contributed by atoms with van der Waals surface area (Å²) in [5, 5.41) is 0. The molecule has 0 saturated carbocycles. The average molecular weight is 234 g/mol. The van der Waals surface area contributed by atoms with E-state index in [2.05, 4.69) is 0 Å². The molecule has 0 aliphatic heterocycles. The summed E-state index contributed by atoms with van der Waals surface area (Å²) in [5.74, 6) is -0.211. The van der Waals surface area contributed by atoms with Crippen LogP contribution in [0.1, 0.15) is 8.42 Å². The van der Waals surface area contributed by atoms with Crippen LogP contribution in [0, 0.1) is 0 Å². The maximum atomic E-state index is 10.4. The van der Waals surface area contributed by atoms with E-state index in [9.17, 15) is 8.42 Å². The fourth-order valence-electron chi connectivity index (χ4n) is 0.892. The SMILES string of the molecule is O=S(=O)(O)CCc1ccccc1.[H-].[H-].[Na+].[Na+]. The monoisotopic (exact) mass is 234 g/mol. The predicted molar refractivity (Wildman–Crippen MR) is 48.8 cm³/mol. The normalized spacial score (nSPS) is 9.79. The van der Waals surface area contributed by atoms with Crippen molar-refractivity contribution in [2.45, 2.75) is 6.42 Å². The van der Waals surface area contributed by atoms with Crippen molar-refractivity contribution in [3.63, 3.8) is 0 Å². The third-order valence-corrected chi connectivity index (χ3v) is 2.21. The summed E-state index contributed by atoms with van der Waals surface area (Å²) in [6.45, 7) is 0. The summed E-state index contributed by atoms with van der Waals surface area (Å²) in [5.41, 5.74) is 0.912. The molecule has 0 fully saturated rings. The first-order valence-electron chi connectivity index (χ1n) is 3.57. The van der Waals surface area contributed by atoms with Crippen molar-refractivity contribution in [2.75, 3.05) is 5.75 Å². The molecule has 70 valence electrons. The fourth-order valence-corrected chi connectivity index (χ4v) is 1.39. The number of benzene rings is 1. The topological polar surface area (TPSA) is 54.4 Å². The van der Waals surface area contributed by atoms with E-state index in [1.54, 1.807) is 0 Å². The van der Waals surface area contributed by atoms with E-state index in [4.69, 9.17) is 4.55 Å². The van der Waals surface area contributed by atoms with Crippen molar-refractivity contribution in [1.29, 1.82) is 0 Å². The Balaban J connectivity index is -0.000000180. The molecule has 0 unspecified atom stereocenters. The molecule has 0 heterocycles. The molecule has 14 heavy (non-hydrogen) atoms. The average Bonchev–Trinajstić information content (AvgIpc) is 2.02.